The summed E-state index contributed by atoms with van der Waals surface area (Å²) in [5.41, 5.74) is 6.51. The summed E-state index contributed by atoms with van der Waals surface area (Å²) in [4.78, 5) is 8.55. The van der Waals surface area contributed by atoms with Gasteiger partial charge in [0.25, 0.3) is 0 Å². The standard InChI is InChI=1S/C11H18N6/c1-9(2)17-11(13-7-15-17)6-16-5-10(3-4-12)14-8-16/h5,7-9H,3-4,6,12H2,1-2H3. The summed E-state index contributed by atoms with van der Waals surface area (Å²) in [6, 6.07) is 0.319. The minimum absolute atomic E-state index is 0.319. The summed E-state index contributed by atoms with van der Waals surface area (Å²) in [6.07, 6.45) is 6.22. The third-order valence-corrected chi connectivity index (χ3v) is 2.55. The van der Waals surface area contributed by atoms with E-state index in [0.29, 0.717) is 19.1 Å². The minimum atomic E-state index is 0.319. The molecule has 0 aliphatic rings. The van der Waals surface area contributed by atoms with Gasteiger partial charge in [0.05, 0.1) is 18.6 Å². The van der Waals surface area contributed by atoms with Gasteiger partial charge >= 0.3 is 0 Å². The van der Waals surface area contributed by atoms with Gasteiger partial charge in [-0.25, -0.2) is 14.6 Å². The Morgan fingerprint density at radius 2 is 2.18 bits per heavy atom. The summed E-state index contributed by atoms with van der Waals surface area (Å²) in [5.74, 6) is 0.941. The first kappa shape index (κ1) is 11.8. The molecule has 0 aromatic carbocycles. The van der Waals surface area contributed by atoms with E-state index >= 15 is 0 Å². The van der Waals surface area contributed by atoms with Crippen molar-refractivity contribution < 1.29 is 0 Å². The van der Waals surface area contributed by atoms with Crippen LogP contribution in [-0.2, 0) is 13.0 Å². The molecule has 2 aromatic heterocycles. The van der Waals surface area contributed by atoms with Gasteiger partial charge in [-0.05, 0) is 20.4 Å². The number of aromatic nitrogens is 5. The lowest BCUT2D eigenvalue weighted by atomic mass is 10.3. The van der Waals surface area contributed by atoms with E-state index in [1.165, 1.54) is 0 Å². The zero-order valence-electron chi connectivity index (χ0n) is 10.2. The second kappa shape index (κ2) is 5.09. The highest BCUT2D eigenvalue weighted by atomic mass is 15.4. The molecule has 0 saturated heterocycles. The van der Waals surface area contributed by atoms with Gasteiger partial charge in [0.15, 0.2) is 0 Å². The molecule has 0 saturated carbocycles. The lowest BCUT2D eigenvalue weighted by molar-refractivity contribution is 0.496. The summed E-state index contributed by atoms with van der Waals surface area (Å²) in [7, 11) is 0. The molecule has 0 aliphatic heterocycles. The van der Waals surface area contributed by atoms with Crippen LogP contribution < -0.4 is 5.73 Å². The van der Waals surface area contributed by atoms with Crippen LogP contribution in [0.4, 0.5) is 0 Å². The Morgan fingerprint density at radius 1 is 1.35 bits per heavy atom. The topological polar surface area (TPSA) is 74.5 Å². The molecular weight excluding hydrogens is 216 g/mol. The Hall–Kier alpha value is -1.69. The number of nitrogens with two attached hydrogens (primary N) is 1. The molecule has 0 amide bonds. The first-order valence-electron chi connectivity index (χ1n) is 5.79. The molecular formula is C11H18N6. The highest BCUT2D eigenvalue weighted by molar-refractivity contribution is 4.99. The van der Waals surface area contributed by atoms with Crippen molar-refractivity contribution in [3.63, 3.8) is 0 Å². The summed E-state index contributed by atoms with van der Waals surface area (Å²) in [5, 5.41) is 4.21. The molecule has 0 bridgehead atoms. The lowest BCUT2D eigenvalue weighted by Gasteiger charge is -2.09. The summed E-state index contributed by atoms with van der Waals surface area (Å²) < 4.78 is 3.93. The molecule has 0 atom stereocenters. The SMILES string of the molecule is CC(C)n1ncnc1Cn1cnc(CCN)c1. The van der Waals surface area contributed by atoms with E-state index in [1.807, 2.05) is 21.8 Å². The maximum Gasteiger partial charge on any atom is 0.147 e. The molecule has 0 aliphatic carbocycles. The van der Waals surface area contributed by atoms with Crippen molar-refractivity contribution in [2.45, 2.75) is 32.9 Å². The van der Waals surface area contributed by atoms with Crippen LogP contribution in [0.3, 0.4) is 0 Å². The highest BCUT2D eigenvalue weighted by Gasteiger charge is 2.08. The van der Waals surface area contributed by atoms with Crippen molar-refractivity contribution in [3.8, 4) is 0 Å². The first-order valence-corrected chi connectivity index (χ1v) is 5.79. The van der Waals surface area contributed by atoms with Crippen molar-refractivity contribution in [2.24, 2.45) is 5.73 Å². The number of nitrogens with zero attached hydrogens (tertiary/aromatic N) is 5. The highest BCUT2D eigenvalue weighted by Crippen LogP contribution is 2.07. The van der Waals surface area contributed by atoms with Crippen LogP contribution in [0.1, 0.15) is 31.4 Å². The van der Waals surface area contributed by atoms with Crippen LogP contribution in [0, 0.1) is 0 Å². The summed E-state index contributed by atoms with van der Waals surface area (Å²) >= 11 is 0. The Balaban J connectivity index is 2.11. The molecule has 0 spiro atoms. The molecule has 17 heavy (non-hydrogen) atoms. The Bertz CT molecular complexity index is 470. The van der Waals surface area contributed by atoms with E-state index in [4.69, 9.17) is 5.73 Å². The molecule has 6 heteroatoms. The Labute approximate surface area is 100 Å². The fourth-order valence-corrected chi connectivity index (χ4v) is 1.75. The van der Waals surface area contributed by atoms with Crippen LogP contribution in [0.5, 0.6) is 0 Å². The van der Waals surface area contributed by atoms with E-state index < -0.39 is 0 Å². The van der Waals surface area contributed by atoms with Crippen LogP contribution in [-0.4, -0.2) is 30.9 Å². The number of hydrogen-bond donors (Lipinski definition) is 1. The fourth-order valence-electron chi connectivity index (χ4n) is 1.75. The van der Waals surface area contributed by atoms with Crippen LogP contribution in [0.2, 0.25) is 0 Å². The first-order chi connectivity index (χ1) is 8.20. The predicted octanol–water partition coefficient (Wildman–Crippen LogP) is 0.605. The van der Waals surface area contributed by atoms with Crippen LogP contribution in [0.15, 0.2) is 18.9 Å². The quantitative estimate of drug-likeness (QED) is 0.822. The van der Waals surface area contributed by atoms with Crippen molar-refractivity contribution in [1.82, 2.24) is 24.3 Å². The molecule has 92 valence electrons. The second-order valence-corrected chi connectivity index (χ2v) is 4.29. The van der Waals surface area contributed by atoms with Crippen molar-refractivity contribution in [2.75, 3.05) is 6.54 Å². The molecule has 0 fully saturated rings. The molecule has 0 unspecified atom stereocenters. The largest absolute Gasteiger partial charge is 0.330 e. The maximum atomic E-state index is 5.49. The zero-order valence-corrected chi connectivity index (χ0v) is 10.2. The Morgan fingerprint density at radius 3 is 2.88 bits per heavy atom. The van der Waals surface area contributed by atoms with Gasteiger partial charge in [0.2, 0.25) is 0 Å². The third kappa shape index (κ3) is 2.71. The predicted molar refractivity (Wildman–Crippen MR) is 64.5 cm³/mol. The average molecular weight is 234 g/mol. The molecule has 2 heterocycles. The van der Waals surface area contributed by atoms with Crippen molar-refractivity contribution in [1.29, 1.82) is 0 Å². The van der Waals surface area contributed by atoms with Crippen LogP contribution >= 0.6 is 0 Å². The average Bonchev–Trinajstić information content (AvgIpc) is 2.89. The van der Waals surface area contributed by atoms with Crippen LogP contribution in [0.25, 0.3) is 0 Å². The van der Waals surface area contributed by atoms with Gasteiger partial charge in [-0.2, -0.15) is 5.10 Å². The van der Waals surface area contributed by atoms with Gasteiger partial charge in [0.1, 0.15) is 12.2 Å². The third-order valence-electron chi connectivity index (χ3n) is 2.55. The fraction of sp³-hybridized carbons (Fsp3) is 0.545. The molecule has 6 nitrogen and oxygen atoms in total. The van der Waals surface area contributed by atoms with E-state index in [2.05, 4.69) is 28.9 Å². The summed E-state index contributed by atoms with van der Waals surface area (Å²) in [6.45, 7) is 5.49. The maximum absolute atomic E-state index is 5.49. The minimum Gasteiger partial charge on any atom is -0.330 e. The molecule has 2 aromatic rings. The number of imidazole rings is 1. The van der Waals surface area contributed by atoms with E-state index in [9.17, 15) is 0 Å². The van der Waals surface area contributed by atoms with Crippen molar-refractivity contribution in [3.05, 3.63) is 30.4 Å². The van der Waals surface area contributed by atoms with E-state index in [-0.39, 0.29) is 0 Å². The number of hydrogen-bond acceptors (Lipinski definition) is 4. The van der Waals surface area contributed by atoms with Gasteiger partial charge in [-0.3, -0.25) is 0 Å². The molecule has 2 N–H and O–H groups in total. The Kier molecular flexibility index (Phi) is 3.53. The zero-order chi connectivity index (χ0) is 12.3. The van der Waals surface area contributed by atoms with Gasteiger partial charge in [-0.1, -0.05) is 0 Å². The van der Waals surface area contributed by atoms with E-state index in [1.54, 1.807) is 6.33 Å². The second-order valence-electron chi connectivity index (χ2n) is 4.29. The van der Waals surface area contributed by atoms with Gasteiger partial charge in [-0.15, -0.1) is 0 Å². The molecule has 2 rings (SSSR count). The van der Waals surface area contributed by atoms with Gasteiger partial charge < -0.3 is 10.3 Å². The normalized spacial score (nSPS) is 11.3. The van der Waals surface area contributed by atoms with E-state index in [0.717, 1.165) is 17.9 Å². The molecule has 0 radical (unpaired) electrons. The lowest BCUT2D eigenvalue weighted by Crippen LogP contribution is -2.11. The van der Waals surface area contributed by atoms with Crippen molar-refractivity contribution >= 4 is 0 Å². The number of rotatable bonds is 5. The smallest absolute Gasteiger partial charge is 0.147 e. The van der Waals surface area contributed by atoms with Gasteiger partial charge in [0, 0.05) is 18.7 Å². The monoisotopic (exact) mass is 234 g/mol.